The molecule has 0 aliphatic heterocycles. The number of allylic oxidation sites excluding steroid dienone is 2. The van der Waals surface area contributed by atoms with E-state index >= 15 is 0 Å². The van der Waals surface area contributed by atoms with Crippen molar-refractivity contribution < 1.29 is 0 Å². The molecule has 1 unspecified atom stereocenters. The lowest BCUT2D eigenvalue weighted by Gasteiger charge is -2.19. The summed E-state index contributed by atoms with van der Waals surface area (Å²) in [4.78, 5) is 0. The van der Waals surface area contributed by atoms with E-state index in [0.717, 1.165) is 0 Å². The second kappa shape index (κ2) is 5.21. The molecule has 1 heteroatoms. The number of thiophene rings is 1. The molecule has 1 heterocycles. The summed E-state index contributed by atoms with van der Waals surface area (Å²) in [6.07, 6.45) is 8.60. The summed E-state index contributed by atoms with van der Waals surface area (Å²) in [5, 5.41) is 5.68. The summed E-state index contributed by atoms with van der Waals surface area (Å²) >= 11 is 1.95. The predicted octanol–water partition coefficient (Wildman–Crippen LogP) is 7.03. The maximum atomic E-state index is 2.44. The zero-order valence-electron chi connectivity index (χ0n) is 13.0. The first-order valence-corrected chi connectivity index (χ1v) is 9.23. The van der Waals surface area contributed by atoms with E-state index in [1.165, 1.54) is 55.8 Å². The molecule has 0 spiro atoms. The molecule has 1 aromatic heterocycles. The van der Waals surface area contributed by atoms with E-state index in [0.29, 0.717) is 5.92 Å². The van der Waals surface area contributed by atoms with Gasteiger partial charge in [0.15, 0.2) is 0 Å². The number of hydrogen-bond acceptors (Lipinski definition) is 1. The highest BCUT2D eigenvalue weighted by Crippen LogP contribution is 2.44. The topological polar surface area (TPSA) is 0 Å². The van der Waals surface area contributed by atoms with E-state index in [2.05, 4.69) is 66.7 Å². The molecule has 1 aliphatic carbocycles. The van der Waals surface area contributed by atoms with Crippen molar-refractivity contribution in [2.75, 3.05) is 0 Å². The molecule has 0 bridgehead atoms. The van der Waals surface area contributed by atoms with Gasteiger partial charge in [-0.2, -0.15) is 0 Å². The highest BCUT2D eigenvalue weighted by molar-refractivity contribution is 7.26. The molecule has 0 N–H and O–H groups in total. The van der Waals surface area contributed by atoms with Crippen LogP contribution >= 0.6 is 11.3 Å². The third-order valence-electron chi connectivity index (χ3n) is 5.05. The summed E-state index contributed by atoms with van der Waals surface area (Å²) in [6.45, 7) is 0. The lowest BCUT2D eigenvalue weighted by molar-refractivity contribution is 0.658. The van der Waals surface area contributed by atoms with Crippen molar-refractivity contribution in [1.29, 1.82) is 0 Å². The second-order valence-electron chi connectivity index (χ2n) is 6.45. The van der Waals surface area contributed by atoms with E-state index < -0.39 is 0 Å². The molecular weight excluding hydrogens is 296 g/mol. The predicted molar refractivity (Wildman–Crippen MR) is 103 cm³/mol. The maximum absolute atomic E-state index is 2.44. The van der Waals surface area contributed by atoms with Crippen LogP contribution in [-0.4, -0.2) is 0 Å². The summed E-state index contributed by atoms with van der Waals surface area (Å²) in [5.74, 6) is 0.564. The van der Waals surface area contributed by atoms with Gasteiger partial charge in [-0.05, 0) is 47.7 Å². The van der Waals surface area contributed by atoms with Crippen LogP contribution in [-0.2, 0) is 0 Å². The third kappa shape index (κ3) is 2.04. The normalized spacial score (nSPS) is 18.2. The Kier molecular flexibility index (Phi) is 3.02. The van der Waals surface area contributed by atoms with Crippen LogP contribution < -0.4 is 0 Å². The first kappa shape index (κ1) is 13.3. The fraction of sp³-hybridized carbons (Fsp3) is 0.182. The molecule has 0 fully saturated rings. The second-order valence-corrected chi connectivity index (χ2v) is 7.51. The first-order chi connectivity index (χ1) is 11.4. The zero-order valence-corrected chi connectivity index (χ0v) is 13.8. The van der Waals surface area contributed by atoms with E-state index in [1.807, 2.05) is 11.3 Å². The fourth-order valence-electron chi connectivity index (χ4n) is 3.96. The van der Waals surface area contributed by atoms with Crippen molar-refractivity contribution >= 4 is 42.3 Å². The van der Waals surface area contributed by atoms with E-state index in [1.54, 1.807) is 0 Å². The molecule has 0 saturated heterocycles. The van der Waals surface area contributed by atoms with Gasteiger partial charge in [-0.1, -0.05) is 54.6 Å². The van der Waals surface area contributed by atoms with E-state index in [-0.39, 0.29) is 0 Å². The molecule has 3 aromatic carbocycles. The standard InChI is InChI=1S/C22H18S/c1-2-8-15(9-3-1)19-14-16-10-4-5-11-17(16)22-21(19)18-12-6-7-13-20(18)23-22/h2,4-8,10-15H,1,3,9H2. The quantitative estimate of drug-likeness (QED) is 0.331. The van der Waals surface area contributed by atoms with Crippen LogP contribution in [0, 0.1) is 0 Å². The van der Waals surface area contributed by atoms with Crippen LogP contribution in [0.3, 0.4) is 0 Å². The van der Waals surface area contributed by atoms with Gasteiger partial charge in [-0.25, -0.2) is 0 Å². The Morgan fingerprint density at radius 1 is 0.913 bits per heavy atom. The average Bonchev–Trinajstić information content (AvgIpc) is 3.02. The summed E-state index contributed by atoms with van der Waals surface area (Å²) in [5.41, 5.74) is 1.52. The fourth-order valence-corrected chi connectivity index (χ4v) is 5.23. The molecule has 4 aromatic rings. The van der Waals surface area contributed by atoms with E-state index in [9.17, 15) is 0 Å². The highest BCUT2D eigenvalue weighted by Gasteiger charge is 2.19. The molecule has 0 radical (unpaired) electrons. The van der Waals surface area contributed by atoms with Crippen LogP contribution in [0.5, 0.6) is 0 Å². The first-order valence-electron chi connectivity index (χ1n) is 8.41. The molecule has 1 atom stereocenters. The molecule has 5 rings (SSSR count). The van der Waals surface area contributed by atoms with Crippen LogP contribution in [0.4, 0.5) is 0 Å². The molecule has 112 valence electrons. The van der Waals surface area contributed by atoms with Crippen LogP contribution in [0.1, 0.15) is 30.7 Å². The van der Waals surface area contributed by atoms with Gasteiger partial charge in [0.25, 0.3) is 0 Å². The van der Waals surface area contributed by atoms with Gasteiger partial charge < -0.3 is 0 Å². The Morgan fingerprint density at radius 3 is 2.61 bits per heavy atom. The third-order valence-corrected chi connectivity index (χ3v) is 6.26. The highest BCUT2D eigenvalue weighted by atomic mass is 32.1. The van der Waals surface area contributed by atoms with Crippen molar-refractivity contribution in [3.8, 4) is 0 Å². The Bertz CT molecular complexity index is 1050. The van der Waals surface area contributed by atoms with Gasteiger partial charge >= 0.3 is 0 Å². The van der Waals surface area contributed by atoms with Gasteiger partial charge in [0.05, 0.1) is 0 Å². The van der Waals surface area contributed by atoms with E-state index in [4.69, 9.17) is 0 Å². The smallest absolute Gasteiger partial charge is 0.0436 e. The summed E-state index contributed by atoms with van der Waals surface area (Å²) in [6, 6.07) is 20.2. The minimum atomic E-state index is 0.564. The molecule has 0 saturated carbocycles. The monoisotopic (exact) mass is 314 g/mol. The van der Waals surface area contributed by atoms with Gasteiger partial charge in [-0.15, -0.1) is 11.3 Å². The molecule has 23 heavy (non-hydrogen) atoms. The van der Waals surface area contributed by atoms with Crippen LogP contribution in [0.2, 0.25) is 0 Å². The number of fused-ring (bicyclic) bond motifs is 5. The Balaban J connectivity index is 1.97. The van der Waals surface area contributed by atoms with Crippen molar-refractivity contribution in [2.24, 2.45) is 0 Å². The lowest BCUT2D eigenvalue weighted by atomic mass is 9.85. The lowest BCUT2D eigenvalue weighted by Crippen LogP contribution is -2.00. The van der Waals surface area contributed by atoms with Crippen LogP contribution in [0.25, 0.3) is 30.9 Å². The molecule has 1 aliphatic rings. The number of hydrogen-bond donors (Lipinski definition) is 0. The van der Waals surface area contributed by atoms with Crippen molar-refractivity contribution in [3.63, 3.8) is 0 Å². The van der Waals surface area contributed by atoms with Crippen LogP contribution in [0.15, 0.2) is 66.7 Å². The van der Waals surface area contributed by atoms with Gasteiger partial charge in [0.2, 0.25) is 0 Å². The Morgan fingerprint density at radius 2 is 1.74 bits per heavy atom. The van der Waals surface area contributed by atoms with Crippen molar-refractivity contribution in [3.05, 3.63) is 72.3 Å². The number of rotatable bonds is 1. The summed E-state index contributed by atoms with van der Waals surface area (Å²) < 4.78 is 2.86. The largest absolute Gasteiger partial charge is 0.135 e. The average molecular weight is 314 g/mol. The molecular formula is C22H18S. The Labute approximate surface area is 140 Å². The Hall–Kier alpha value is -2.12. The maximum Gasteiger partial charge on any atom is 0.0436 e. The SMILES string of the molecule is C1=CC(c2cc3ccccc3c3sc4ccccc4c23)CCC1. The number of benzene rings is 3. The van der Waals surface area contributed by atoms with Gasteiger partial charge in [0.1, 0.15) is 0 Å². The van der Waals surface area contributed by atoms with Gasteiger partial charge in [-0.3, -0.25) is 0 Å². The van der Waals surface area contributed by atoms with Crippen molar-refractivity contribution in [2.45, 2.75) is 25.2 Å². The molecule has 0 nitrogen and oxygen atoms in total. The molecule has 0 amide bonds. The minimum Gasteiger partial charge on any atom is -0.135 e. The summed E-state index contributed by atoms with van der Waals surface area (Å²) in [7, 11) is 0. The van der Waals surface area contributed by atoms with Gasteiger partial charge in [0, 0.05) is 26.1 Å². The minimum absolute atomic E-state index is 0.564. The van der Waals surface area contributed by atoms with Crippen molar-refractivity contribution in [1.82, 2.24) is 0 Å². The zero-order chi connectivity index (χ0) is 15.2.